The summed E-state index contributed by atoms with van der Waals surface area (Å²) in [6.45, 7) is 1.37. The van der Waals surface area contributed by atoms with E-state index in [1.165, 1.54) is 19.1 Å². The molecule has 10 nitrogen and oxygen atoms in total. The van der Waals surface area contributed by atoms with E-state index in [0.29, 0.717) is 5.06 Å². The number of amides is 3. The lowest BCUT2D eigenvalue weighted by molar-refractivity contribution is -0.168. The van der Waals surface area contributed by atoms with Crippen LogP contribution in [0.2, 0.25) is 0 Å². The second-order valence-corrected chi connectivity index (χ2v) is 7.29. The topological polar surface area (TPSA) is 139 Å². The van der Waals surface area contributed by atoms with E-state index in [1.54, 1.807) is 12.1 Å². The van der Waals surface area contributed by atoms with Crippen LogP contribution in [0.3, 0.4) is 0 Å². The average Bonchev–Trinajstić information content (AvgIpc) is 2.82. The van der Waals surface area contributed by atoms with Crippen LogP contribution in [-0.4, -0.2) is 56.0 Å². The Morgan fingerprint density at radius 2 is 1.65 bits per heavy atom. The summed E-state index contributed by atoms with van der Waals surface area (Å²) in [7, 11) is -3.78. The minimum Gasteiger partial charge on any atom is -0.355 e. The van der Waals surface area contributed by atoms with Crippen molar-refractivity contribution in [3.05, 3.63) is 35.4 Å². The smallest absolute Gasteiger partial charge is 0.334 e. The van der Waals surface area contributed by atoms with Crippen molar-refractivity contribution in [2.45, 2.75) is 13.3 Å². The number of nitrogens with one attached hydrogen (secondary N) is 2. The van der Waals surface area contributed by atoms with Crippen molar-refractivity contribution in [3.8, 4) is 0 Å². The molecule has 0 bridgehead atoms. The maximum atomic E-state index is 12.0. The van der Waals surface area contributed by atoms with E-state index in [2.05, 4.69) is 10.0 Å². The van der Waals surface area contributed by atoms with Crippen LogP contribution in [0.5, 0.6) is 0 Å². The summed E-state index contributed by atoms with van der Waals surface area (Å²) in [5.41, 5.74) is 0.218. The Balaban J connectivity index is 1.83. The standard InChI is InChI=1S/C15H17N3O7S/c1-10(19)16-7-8-17-26(23,24)9-6-13(20)25-18-14(21)11-4-2-3-5-12(11)15(18)22/h2-5,17H,6-9H2,1H3,(H,16,19). The molecule has 1 heterocycles. The van der Waals surface area contributed by atoms with E-state index in [0.717, 1.165) is 0 Å². The van der Waals surface area contributed by atoms with Crippen molar-refractivity contribution in [2.75, 3.05) is 18.8 Å². The predicted octanol–water partition coefficient (Wildman–Crippen LogP) is -0.814. The highest BCUT2D eigenvalue weighted by Crippen LogP contribution is 2.22. The average molecular weight is 383 g/mol. The first-order valence-electron chi connectivity index (χ1n) is 7.61. The highest BCUT2D eigenvalue weighted by molar-refractivity contribution is 7.89. The summed E-state index contributed by atoms with van der Waals surface area (Å²) in [6, 6.07) is 5.98. The number of benzene rings is 1. The van der Waals surface area contributed by atoms with E-state index in [4.69, 9.17) is 4.84 Å². The van der Waals surface area contributed by atoms with E-state index in [1.807, 2.05) is 0 Å². The van der Waals surface area contributed by atoms with Crippen molar-refractivity contribution < 1.29 is 32.4 Å². The van der Waals surface area contributed by atoms with Gasteiger partial charge >= 0.3 is 5.97 Å². The van der Waals surface area contributed by atoms with Crippen molar-refractivity contribution in [3.63, 3.8) is 0 Å². The van der Waals surface area contributed by atoms with Crippen LogP contribution in [0, 0.1) is 0 Å². The molecule has 140 valence electrons. The summed E-state index contributed by atoms with van der Waals surface area (Å²) in [5, 5.41) is 2.73. The molecule has 0 spiro atoms. The molecule has 26 heavy (non-hydrogen) atoms. The largest absolute Gasteiger partial charge is 0.355 e. The molecule has 0 saturated heterocycles. The van der Waals surface area contributed by atoms with E-state index < -0.39 is 40.0 Å². The van der Waals surface area contributed by atoms with Gasteiger partial charge in [-0.2, -0.15) is 0 Å². The molecule has 0 saturated carbocycles. The number of rotatable bonds is 8. The minimum atomic E-state index is -3.78. The second kappa shape index (κ2) is 8.06. The molecule has 0 unspecified atom stereocenters. The Morgan fingerprint density at radius 3 is 2.19 bits per heavy atom. The molecule has 1 aromatic rings. The second-order valence-electron chi connectivity index (χ2n) is 5.36. The van der Waals surface area contributed by atoms with Gasteiger partial charge in [0.1, 0.15) is 0 Å². The Labute approximate surface area is 149 Å². The lowest BCUT2D eigenvalue weighted by Crippen LogP contribution is -2.36. The van der Waals surface area contributed by atoms with Gasteiger partial charge in [0, 0.05) is 20.0 Å². The highest BCUT2D eigenvalue weighted by Gasteiger charge is 2.38. The molecule has 0 radical (unpaired) electrons. The van der Waals surface area contributed by atoms with Gasteiger partial charge in [0.2, 0.25) is 15.9 Å². The van der Waals surface area contributed by atoms with Crippen LogP contribution in [0.15, 0.2) is 24.3 Å². The Morgan fingerprint density at radius 1 is 1.08 bits per heavy atom. The number of hydrogen-bond donors (Lipinski definition) is 2. The van der Waals surface area contributed by atoms with Crippen LogP contribution in [-0.2, 0) is 24.4 Å². The zero-order chi connectivity index (χ0) is 19.3. The van der Waals surface area contributed by atoms with Crippen LogP contribution in [0.25, 0.3) is 0 Å². The lowest BCUT2D eigenvalue weighted by Gasteiger charge is -2.13. The molecule has 1 aliphatic heterocycles. The van der Waals surface area contributed by atoms with Gasteiger partial charge in [0.05, 0.1) is 23.3 Å². The number of imide groups is 1. The van der Waals surface area contributed by atoms with Crippen molar-refractivity contribution >= 4 is 33.7 Å². The minimum absolute atomic E-state index is 0.0324. The SMILES string of the molecule is CC(=O)NCCNS(=O)(=O)CCC(=O)ON1C(=O)c2ccccc2C1=O. The zero-order valence-corrected chi connectivity index (χ0v) is 14.7. The van der Waals surface area contributed by atoms with E-state index in [9.17, 15) is 27.6 Å². The van der Waals surface area contributed by atoms with Gasteiger partial charge in [-0.3, -0.25) is 14.4 Å². The van der Waals surface area contributed by atoms with Crippen LogP contribution in [0.1, 0.15) is 34.1 Å². The van der Waals surface area contributed by atoms with Crippen LogP contribution < -0.4 is 10.0 Å². The summed E-state index contributed by atoms with van der Waals surface area (Å²) in [4.78, 5) is 51.3. The molecule has 2 N–H and O–H groups in total. The van der Waals surface area contributed by atoms with E-state index >= 15 is 0 Å². The molecular weight excluding hydrogens is 366 g/mol. The first kappa shape index (κ1) is 19.5. The van der Waals surface area contributed by atoms with Gasteiger partial charge in [-0.25, -0.2) is 17.9 Å². The van der Waals surface area contributed by atoms with Crippen molar-refractivity contribution in [2.24, 2.45) is 0 Å². The quantitative estimate of drug-likeness (QED) is 0.442. The molecule has 3 amide bonds. The molecule has 11 heteroatoms. The van der Waals surface area contributed by atoms with Gasteiger partial charge in [0.25, 0.3) is 11.8 Å². The zero-order valence-electron chi connectivity index (χ0n) is 13.9. The summed E-state index contributed by atoms with van der Waals surface area (Å²) in [5.74, 6) is -3.49. The Kier molecular flexibility index (Phi) is 6.05. The molecule has 0 aliphatic carbocycles. The van der Waals surface area contributed by atoms with E-state index in [-0.39, 0.29) is 30.1 Å². The molecule has 0 atom stereocenters. The Hall–Kier alpha value is -2.79. The van der Waals surface area contributed by atoms with Crippen LogP contribution >= 0.6 is 0 Å². The van der Waals surface area contributed by atoms with Gasteiger partial charge in [0.15, 0.2) is 0 Å². The first-order valence-corrected chi connectivity index (χ1v) is 9.27. The molecule has 1 aromatic carbocycles. The number of hydrogen-bond acceptors (Lipinski definition) is 7. The van der Waals surface area contributed by atoms with Gasteiger partial charge in [-0.15, -0.1) is 0 Å². The number of carbonyl (C=O) groups is 4. The third kappa shape index (κ3) is 4.86. The van der Waals surface area contributed by atoms with Crippen molar-refractivity contribution in [1.82, 2.24) is 15.1 Å². The molecule has 0 fully saturated rings. The molecule has 1 aliphatic rings. The number of sulfonamides is 1. The molecular formula is C15H17N3O7S. The maximum absolute atomic E-state index is 12.0. The van der Waals surface area contributed by atoms with Gasteiger partial charge in [-0.05, 0) is 12.1 Å². The summed E-state index contributed by atoms with van der Waals surface area (Å²) in [6.07, 6.45) is -0.553. The number of carbonyl (C=O) groups excluding carboxylic acids is 4. The normalized spacial score (nSPS) is 13.5. The summed E-state index contributed by atoms with van der Waals surface area (Å²) < 4.78 is 25.7. The summed E-state index contributed by atoms with van der Waals surface area (Å²) >= 11 is 0. The third-order valence-electron chi connectivity index (χ3n) is 3.35. The number of hydroxylamine groups is 2. The molecule has 2 rings (SSSR count). The predicted molar refractivity (Wildman–Crippen MR) is 88.1 cm³/mol. The Bertz CT molecular complexity index is 816. The third-order valence-corrected chi connectivity index (χ3v) is 4.73. The highest BCUT2D eigenvalue weighted by atomic mass is 32.2. The fraction of sp³-hybridized carbons (Fsp3) is 0.333. The monoisotopic (exact) mass is 383 g/mol. The maximum Gasteiger partial charge on any atom is 0.334 e. The van der Waals surface area contributed by atoms with Gasteiger partial charge in [-0.1, -0.05) is 17.2 Å². The van der Waals surface area contributed by atoms with Gasteiger partial charge < -0.3 is 10.2 Å². The molecule has 0 aromatic heterocycles. The fourth-order valence-electron chi connectivity index (χ4n) is 2.13. The first-order chi connectivity index (χ1) is 12.2. The number of nitrogens with zero attached hydrogens (tertiary/aromatic N) is 1. The van der Waals surface area contributed by atoms with Crippen molar-refractivity contribution in [1.29, 1.82) is 0 Å². The lowest BCUT2D eigenvalue weighted by atomic mass is 10.1. The number of fused-ring (bicyclic) bond motifs is 1. The van der Waals surface area contributed by atoms with Crippen LogP contribution in [0.4, 0.5) is 0 Å². The fourth-order valence-corrected chi connectivity index (χ4v) is 3.13.